The lowest BCUT2D eigenvalue weighted by molar-refractivity contribution is 0.407. The Labute approximate surface area is 137 Å². The molecule has 2 nitrogen and oxygen atoms in total. The molecule has 0 bridgehead atoms. The summed E-state index contributed by atoms with van der Waals surface area (Å²) < 4.78 is 13.7. The maximum absolute atomic E-state index is 5.49. The van der Waals surface area contributed by atoms with E-state index < -0.39 is 0 Å². The van der Waals surface area contributed by atoms with Crippen LogP contribution in [0.1, 0.15) is 0 Å². The zero-order valence-electron chi connectivity index (χ0n) is 10.3. The van der Waals surface area contributed by atoms with Crippen molar-refractivity contribution in [2.24, 2.45) is 0 Å². The van der Waals surface area contributed by atoms with E-state index in [0.717, 1.165) is 36.0 Å². The molecule has 2 aromatic carbocycles. The Morgan fingerprint density at radius 2 is 1.42 bits per heavy atom. The van der Waals surface area contributed by atoms with E-state index in [1.54, 1.807) is 14.2 Å². The Balaban J connectivity index is 2.75. The first-order valence-corrected chi connectivity index (χ1v) is 7.82. The minimum Gasteiger partial charge on any atom is -0.495 e. The van der Waals surface area contributed by atoms with Crippen LogP contribution in [0, 0.1) is 0 Å². The van der Waals surface area contributed by atoms with Crippen molar-refractivity contribution in [3.05, 3.63) is 43.7 Å². The SMILES string of the molecule is COc1c(Br)cccc1-c1cc(Br)cc(Br)c1OC. The summed E-state index contributed by atoms with van der Waals surface area (Å²) in [5.74, 6) is 1.56. The molecule has 0 spiro atoms. The summed E-state index contributed by atoms with van der Waals surface area (Å²) in [6.07, 6.45) is 0. The molecule has 0 saturated carbocycles. The van der Waals surface area contributed by atoms with Gasteiger partial charge in [-0.2, -0.15) is 0 Å². The van der Waals surface area contributed by atoms with Crippen LogP contribution in [0.2, 0.25) is 0 Å². The van der Waals surface area contributed by atoms with E-state index in [4.69, 9.17) is 9.47 Å². The number of hydrogen-bond acceptors (Lipinski definition) is 2. The maximum Gasteiger partial charge on any atom is 0.141 e. The van der Waals surface area contributed by atoms with E-state index in [1.165, 1.54) is 0 Å². The zero-order valence-corrected chi connectivity index (χ0v) is 15.1. The van der Waals surface area contributed by atoms with Gasteiger partial charge in [-0.15, -0.1) is 0 Å². The normalized spacial score (nSPS) is 10.4. The van der Waals surface area contributed by atoms with Gasteiger partial charge in [0.1, 0.15) is 11.5 Å². The first kappa shape index (κ1) is 14.9. The van der Waals surface area contributed by atoms with Crippen LogP contribution in [-0.2, 0) is 0 Å². The average Bonchev–Trinajstić information content (AvgIpc) is 2.37. The van der Waals surface area contributed by atoms with Crippen molar-refractivity contribution in [2.75, 3.05) is 14.2 Å². The molecule has 0 amide bonds. The molecule has 0 unspecified atom stereocenters. The van der Waals surface area contributed by atoms with Crippen LogP contribution in [0.25, 0.3) is 11.1 Å². The van der Waals surface area contributed by atoms with E-state index >= 15 is 0 Å². The van der Waals surface area contributed by atoms with Crippen molar-refractivity contribution in [1.29, 1.82) is 0 Å². The van der Waals surface area contributed by atoms with Crippen molar-refractivity contribution in [1.82, 2.24) is 0 Å². The highest BCUT2D eigenvalue weighted by atomic mass is 79.9. The van der Waals surface area contributed by atoms with Gasteiger partial charge in [0.15, 0.2) is 0 Å². The van der Waals surface area contributed by atoms with Gasteiger partial charge in [-0.05, 0) is 50.1 Å². The van der Waals surface area contributed by atoms with Gasteiger partial charge >= 0.3 is 0 Å². The topological polar surface area (TPSA) is 18.5 Å². The van der Waals surface area contributed by atoms with Crippen LogP contribution in [0.4, 0.5) is 0 Å². The third-order valence-electron chi connectivity index (χ3n) is 2.67. The van der Waals surface area contributed by atoms with Crippen LogP contribution in [-0.4, -0.2) is 14.2 Å². The third kappa shape index (κ3) is 2.98. The van der Waals surface area contributed by atoms with Crippen LogP contribution in [0.3, 0.4) is 0 Å². The van der Waals surface area contributed by atoms with Crippen LogP contribution in [0.15, 0.2) is 43.7 Å². The van der Waals surface area contributed by atoms with Crippen molar-refractivity contribution >= 4 is 47.8 Å². The minimum absolute atomic E-state index is 0.777. The monoisotopic (exact) mass is 448 g/mol. The molecule has 0 N–H and O–H groups in total. The second-order valence-corrected chi connectivity index (χ2v) is 6.41. The van der Waals surface area contributed by atoms with E-state index in [1.807, 2.05) is 30.3 Å². The van der Waals surface area contributed by atoms with E-state index in [2.05, 4.69) is 47.8 Å². The average molecular weight is 451 g/mol. The predicted octanol–water partition coefficient (Wildman–Crippen LogP) is 5.66. The number of rotatable bonds is 3. The molecule has 2 aromatic rings. The van der Waals surface area contributed by atoms with E-state index in [0.29, 0.717) is 0 Å². The fraction of sp³-hybridized carbons (Fsp3) is 0.143. The van der Waals surface area contributed by atoms with Crippen molar-refractivity contribution in [2.45, 2.75) is 0 Å². The number of halogens is 3. The summed E-state index contributed by atoms with van der Waals surface area (Å²) >= 11 is 10.5. The number of para-hydroxylation sites is 1. The summed E-state index contributed by atoms with van der Waals surface area (Å²) in [6, 6.07) is 9.87. The van der Waals surface area contributed by atoms with Gasteiger partial charge in [-0.25, -0.2) is 0 Å². The van der Waals surface area contributed by atoms with Gasteiger partial charge in [0.2, 0.25) is 0 Å². The van der Waals surface area contributed by atoms with Gasteiger partial charge < -0.3 is 9.47 Å². The second kappa shape index (κ2) is 6.29. The molecular weight excluding hydrogens is 440 g/mol. The molecule has 0 heterocycles. The molecule has 0 fully saturated rings. The van der Waals surface area contributed by atoms with Crippen LogP contribution < -0.4 is 9.47 Å². The molecule has 0 aliphatic heterocycles. The molecule has 0 atom stereocenters. The standard InChI is InChI=1S/C14H11Br3O2/c1-18-13-9(4-3-5-11(13)16)10-6-8(15)7-12(17)14(10)19-2/h3-7H,1-2H3. The molecule has 5 heteroatoms. The number of ether oxygens (including phenoxy) is 2. The number of hydrogen-bond donors (Lipinski definition) is 0. The molecule has 19 heavy (non-hydrogen) atoms. The fourth-order valence-electron chi connectivity index (χ4n) is 1.90. The quantitative estimate of drug-likeness (QED) is 0.600. The van der Waals surface area contributed by atoms with Gasteiger partial charge in [0.25, 0.3) is 0 Å². The Kier molecular flexibility index (Phi) is 4.92. The Morgan fingerprint density at radius 3 is 2.05 bits per heavy atom. The number of benzene rings is 2. The highest BCUT2D eigenvalue weighted by Crippen LogP contribution is 2.44. The minimum atomic E-state index is 0.777. The molecule has 100 valence electrons. The van der Waals surface area contributed by atoms with Gasteiger partial charge in [0, 0.05) is 15.6 Å². The summed E-state index contributed by atoms with van der Waals surface area (Å²) in [7, 11) is 3.31. The van der Waals surface area contributed by atoms with Crippen molar-refractivity contribution in [3.8, 4) is 22.6 Å². The second-order valence-electron chi connectivity index (χ2n) is 3.79. The van der Waals surface area contributed by atoms with Gasteiger partial charge in [0.05, 0.1) is 23.2 Å². The van der Waals surface area contributed by atoms with Crippen LogP contribution >= 0.6 is 47.8 Å². The first-order chi connectivity index (χ1) is 9.08. The lowest BCUT2D eigenvalue weighted by Crippen LogP contribution is -1.93. The smallest absolute Gasteiger partial charge is 0.141 e. The summed E-state index contributed by atoms with van der Waals surface area (Å²) in [4.78, 5) is 0. The molecule has 0 aromatic heterocycles. The summed E-state index contributed by atoms with van der Waals surface area (Å²) in [5, 5.41) is 0. The third-order valence-corrected chi connectivity index (χ3v) is 4.35. The lowest BCUT2D eigenvalue weighted by Gasteiger charge is -2.15. The summed E-state index contributed by atoms with van der Waals surface area (Å²) in [6.45, 7) is 0. The van der Waals surface area contributed by atoms with Crippen molar-refractivity contribution in [3.63, 3.8) is 0 Å². The fourth-order valence-corrected chi connectivity index (χ4v) is 3.81. The molecule has 2 rings (SSSR count). The molecule has 0 saturated heterocycles. The van der Waals surface area contributed by atoms with E-state index in [9.17, 15) is 0 Å². The van der Waals surface area contributed by atoms with Crippen LogP contribution in [0.5, 0.6) is 11.5 Å². The largest absolute Gasteiger partial charge is 0.495 e. The Morgan fingerprint density at radius 1 is 0.789 bits per heavy atom. The maximum atomic E-state index is 5.49. The molecule has 0 aliphatic rings. The van der Waals surface area contributed by atoms with Gasteiger partial charge in [-0.3, -0.25) is 0 Å². The van der Waals surface area contributed by atoms with Crippen molar-refractivity contribution < 1.29 is 9.47 Å². The first-order valence-electron chi connectivity index (χ1n) is 5.44. The Bertz CT molecular complexity index is 612. The van der Waals surface area contributed by atoms with E-state index in [-0.39, 0.29) is 0 Å². The molecular formula is C14H11Br3O2. The molecule has 0 radical (unpaired) electrons. The highest BCUT2D eigenvalue weighted by Gasteiger charge is 2.16. The Hall–Kier alpha value is -0.520. The zero-order chi connectivity index (χ0) is 14.0. The highest BCUT2D eigenvalue weighted by molar-refractivity contribution is 9.11. The lowest BCUT2D eigenvalue weighted by atomic mass is 10.0. The summed E-state index contributed by atoms with van der Waals surface area (Å²) in [5.41, 5.74) is 1.93. The van der Waals surface area contributed by atoms with Gasteiger partial charge in [-0.1, -0.05) is 28.1 Å². The molecule has 0 aliphatic carbocycles. The predicted molar refractivity (Wildman–Crippen MR) is 88.1 cm³/mol. The number of methoxy groups -OCH3 is 2.